The number of nitrogens with zero attached hydrogens (tertiary/aromatic N) is 2. The zero-order valence-corrected chi connectivity index (χ0v) is 35.8. The number of amides is 2. The van der Waals surface area contributed by atoms with E-state index < -0.39 is 39.2 Å². The number of nitro groups is 1. The maximum absolute atomic E-state index is 13.8. The van der Waals surface area contributed by atoms with Crippen molar-refractivity contribution >= 4 is 23.4 Å². The van der Waals surface area contributed by atoms with Crippen LogP contribution in [0.3, 0.4) is 0 Å². The maximum atomic E-state index is 13.8. The molecule has 12 nitrogen and oxygen atoms in total. The summed E-state index contributed by atoms with van der Waals surface area (Å²) in [6.07, 6.45) is 18.5. The van der Waals surface area contributed by atoms with Crippen LogP contribution in [-0.4, -0.2) is 33.8 Å². The second kappa shape index (κ2) is 23.0. The summed E-state index contributed by atoms with van der Waals surface area (Å²) in [7, 11) is 0. The molecule has 1 aromatic heterocycles. The normalized spacial score (nSPS) is 12.3. The number of carbonyl (C=O) groups excluding carboxylic acids is 2. The van der Waals surface area contributed by atoms with Crippen LogP contribution in [0.4, 0.5) is 16.2 Å². The summed E-state index contributed by atoms with van der Waals surface area (Å²) in [6, 6.07) is 10.6. The fourth-order valence-electron chi connectivity index (χ4n) is 6.71. The number of rotatable bonds is 24. The summed E-state index contributed by atoms with van der Waals surface area (Å²) in [4.78, 5) is 50.6. The van der Waals surface area contributed by atoms with Gasteiger partial charge in [0.15, 0.2) is 11.4 Å². The third-order valence-electron chi connectivity index (χ3n) is 9.83. The molecule has 2 N–H and O–H groups in total. The van der Waals surface area contributed by atoms with E-state index in [2.05, 4.69) is 24.5 Å². The van der Waals surface area contributed by atoms with Gasteiger partial charge in [0, 0.05) is 29.3 Å². The molecule has 0 saturated heterocycles. The van der Waals surface area contributed by atoms with Gasteiger partial charge in [-0.2, -0.15) is 0 Å². The quantitative estimate of drug-likeness (QED) is 0.0516. The molecule has 57 heavy (non-hydrogen) atoms. The molecule has 1 atom stereocenters. The van der Waals surface area contributed by atoms with Crippen molar-refractivity contribution in [2.24, 2.45) is 5.92 Å². The predicted molar refractivity (Wildman–Crippen MR) is 227 cm³/mol. The molecule has 3 rings (SSSR count). The van der Waals surface area contributed by atoms with E-state index in [1.165, 1.54) is 102 Å². The largest absolute Gasteiger partial charge is 0.489 e. The number of hydrogen-bond donors (Lipinski definition) is 2. The topological polar surface area (TPSA) is 155 Å². The Morgan fingerprint density at radius 2 is 1.42 bits per heavy atom. The van der Waals surface area contributed by atoms with Crippen LogP contribution < -0.4 is 20.9 Å². The first-order valence-corrected chi connectivity index (χ1v) is 21.1. The van der Waals surface area contributed by atoms with E-state index in [9.17, 15) is 24.5 Å². The second-order valence-corrected chi connectivity index (χ2v) is 17.3. The van der Waals surface area contributed by atoms with E-state index in [0.717, 1.165) is 17.6 Å². The minimum Gasteiger partial charge on any atom is -0.489 e. The molecule has 0 aliphatic carbocycles. The van der Waals surface area contributed by atoms with Crippen molar-refractivity contribution in [2.45, 2.75) is 169 Å². The van der Waals surface area contributed by atoms with Gasteiger partial charge in [-0.1, -0.05) is 118 Å². The monoisotopic (exact) mass is 793 g/mol. The standard InChI is InChI=1S/C45H68N4O8/c1-9-10-11-12-13-14-15-16-17-18-19-20-22-33(2)23-21-30-46-41(50)34-24-29-38(39(31-34)49(53)54)48-42(51)37(40(57-48)44(3,4)5)32-55-36-27-25-35(26-28-36)47-43(52)56-45(6,7)8/h24-29,31,33H,9-23,30,32H2,1-8H3,(H,46,50)(H,47,52). The van der Waals surface area contributed by atoms with Crippen molar-refractivity contribution in [3.8, 4) is 11.4 Å². The highest BCUT2D eigenvalue weighted by Crippen LogP contribution is 2.30. The van der Waals surface area contributed by atoms with E-state index in [1.807, 2.05) is 20.8 Å². The number of ether oxygens (including phenoxy) is 2. The molecule has 0 spiro atoms. The minimum absolute atomic E-state index is 0.0949. The van der Waals surface area contributed by atoms with E-state index >= 15 is 0 Å². The molecule has 12 heteroatoms. The van der Waals surface area contributed by atoms with Gasteiger partial charge >= 0.3 is 6.09 Å². The Morgan fingerprint density at radius 1 is 0.842 bits per heavy atom. The molecule has 0 aliphatic heterocycles. The summed E-state index contributed by atoms with van der Waals surface area (Å²) >= 11 is 0. The van der Waals surface area contributed by atoms with Crippen LogP contribution >= 0.6 is 0 Å². The van der Waals surface area contributed by atoms with E-state index in [0.29, 0.717) is 29.7 Å². The van der Waals surface area contributed by atoms with E-state index in [-0.39, 0.29) is 23.4 Å². The number of anilines is 1. The lowest BCUT2D eigenvalue weighted by Crippen LogP contribution is -2.27. The number of hydrogen-bond acceptors (Lipinski definition) is 8. The van der Waals surface area contributed by atoms with Gasteiger partial charge in [0.1, 0.15) is 18.0 Å². The summed E-state index contributed by atoms with van der Waals surface area (Å²) < 4.78 is 18.1. The van der Waals surface area contributed by atoms with Crippen molar-refractivity contribution in [1.82, 2.24) is 10.1 Å². The molecule has 0 aliphatic rings. The SMILES string of the molecule is CCCCCCCCCCCCCCC(C)CCCNC(=O)c1ccc(-n2oc(C(C)(C)C)c(COc3ccc(NC(=O)OC(C)(C)C)cc3)c2=O)c([N+](=O)[O-])c1. The Kier molecular flexibility index (Phi) is 18.8. The van der Waals surface area contributed by atoms with Crippen LogP contribution in [0.5, 0.6) is 5.75 Å². The fraction of sp³-hybridized carbons (Fsp3) is 0.622. The van der Waals surface area contributed by atoms with Crippen molar-refractivity contribution in [2.75, 3.05) is 11.9 Å². The van der Waals surface area contributed by atoms with Crippen molar-refractivity contribution < 1.29 is 28.5 Å². The molecule has 2 amide bonds. The van der Waals surface area contributed by atoms with Gasteiger partial charge in [-0.25, -0.2) is 4.79 Å². The lowest BCUT2D eigenvalue weighted by Gasteiger charge is -2.19. The molecule has 0 radical (unpaired) electrons. The Labute approximate surface area is 339 Å². The molecule has 1 heterocycles. The number of nitro benzene ring substituents is 1. The average Bonchev–Trinajstić information content (AvgIpc) is 3.48. The average molecular weight is 793 g/mol. The molecule has 3 aromatic rings. The van der Waals surface area contributed by atoms with Gasteiger partial charge < -0.3 is 19.3 Å². The van der Waals surface area contributed by atoms with Gasteiger partial charge in [0.05, 0.1) is 10.5 Å². The van der Waals surface area contributed by atoms with Crippen molar-refractivity contribution in [3.63, 3.8) is 0 Å². The number of unbranched alkanes of at least 4 members (excludes halogenated alkanes) is 11. The number of nitrogens with one attached hydrogen (secondary N) is 2. The number of aromatic nitrogens is 1. The fourth-order valence-corrected chi connectivity index (χ4v) is 6.71. The van der Waals surface area contributed by atoms with Gasteiger partial charge in [0.25, 0.3) is 17.2 Å². The lowest BCUT2D eigenvalue weighted by atomic mass is 9.91. The molecule has 0 saturated carbocycles. The number of benzene rings is 2. The Balaban J connectivity index is 1.53. The van der Waals surface area contributed by atoms with Gasteiger partial charge in [-0.15, -0.1) is 4.74 Å². The zero-order chi connectivity index (χ0) is 42.0. The Hall–Kier alpha value is -4.61. The van der Waals surface area contributed by atoms with Crippen LogP contribution in [0.15, 0.2) is 51.8 Å². The molecule has 0 fully saturated rings. The molecule has 1 unspecified atom stereocenters. The van der Waals surface area contributed by atoms with Gasteiger partial charge in [-0.05, 0) is 75.9 Å². The van der Waals surface area contributed by atoms with Gasteiger partial charge in [-0.3, -0.25) is 25.0 Å². The Morgan fingerprint density at radius 3 is 1.98 bits per heavy atom. The summed E-state index contributed by atoms with van der Waals surface area (Å²) in [6.45, 7) is 15.7. The molecular weight excluding hydrogens is 725 g/mol. The van der Waals surface area contributed by atoms with E-state index in [1.54, 1.807) is 45.0 Å². The molecular formula is C45H68N4O8. The minimum atomic E-state index is -0.650. The van der Waals surface area contributed by atoms with Gasteiger partial charge in [0.2, 0.25) is 0 Å². The smallest absolute Gasteiger partial charge is 0.412 e. The highest BCUT2D eigenvalue weighted by atomic mass is 16.6. The van der Waals surface area contributed by atoms with Crippen molar-refractivity contribution in [1.29, 1.82) is 0 Å². The third-order valence-corrected chi connectivity index (χ3v) is 9.83. The molecule has 316 valence electrons. The number of carbonyl (C=O) groups is 2. The summed E-state index contributed by atoms with van der Waals surface area (Å²) in [5.74, 6) is 0.882. The van der Waals surface area contributed by atoms with Crippen LogP contribution in [0, 0.1) is 16.0 Å². The summed E-state index contributed by atoms with van der Waals surface area (Å²) in [5.41, 5.74) is -1.61. The molecule has 0 bridgehead atoms. The van der Waals surface area contributed by atoms with Crippen LogP contribution in [-0.2, 0) is 16.8 Å². The predicted octanol–water partition coefficient (Wildman–Crippen LogP) is 11.8. The zero-order valence-electron chi connectivity index (χ0n) is 35.8. The third kappa shape index (κ3) is 16.4. The van der Waals surface area contributed by atoms with Crippen LogP contribution in [0.1, 0.15) is 173 Å². The van der Waals surface area contributed by atoms with E-state index in [4.69, 9.17) is 14.0 Å². The molecule has 2 aromatic carbocycles. The lowest BCUT2D eigenvalue weighted by molar-refractivity contribution is -0.384. The van der Waals surface area contributed by atoms with Crippen molar-refractivity contribution in [3.05, 3.63) is 79.8 Å². The summed E-state index contributed by atoms with van der Waals surface area (Å²) in [5, 5.41) is 17.8. The highest BCUT2D eigenvalue weighted by molar-refractivity contribution is 5.95. The van der Waals surface area contributed by atoms with Crippen LogP contribution in [0.2, 0.25) is 0 Å². The highest BCUT2D eigenvalue weighted by Gasteiger charge is 2.31. The second-order valence-electron chi connectivity index (χ2n) is 17.3. The first-order valence-electron chi connectivity index (χ1n) is 21.1. The van der Waals surface area contributed by atoms with Crippen LogP contribution in [0.25, 0.3) is 5.69 Å². The first-order chi connectivity index (χ1) is 27.0. The maximum Gasteiger partial charge on any atom is 0.412 e. The first kappa shape index (κ1) is 46.8. The Bertz CT molecular complexity index is 1770.